The number of rotatable bonds is 4. The van der Waals surface area contributed by atoms with Crippen molar-refractivity contribution in [1.29, 1.82) is 0 Å². The Balaban J connectivity index is 1.92. The number of ether oxygens (including phenoxy) is 2. The molecule has 0 unspecified atom stereocenters. The minimum Gasteiger partial charge on any atom is -0.457 e. The summed E-state index contributed by atoms with van der Waals surface area (Å²) in [6.45, 7) is 9.62. The Bertz CT molecular complexity index is 830. The highest BCUT2D eigenvalue weighted by Gasteiger charge is 2.31. The van der Waals surface area contributed by atoms with E-state index in [4.69, 9.17) is 9.47 Å². The van der Waals surface area contributed by atoms with E-state index in [1.807, 2.05) is 19.1 Å². The molecule has 1 heterocycles. The van der Waals surface area contributed by atoms with Gasteiger partial charge in [0.15, 0.2) is 0 Å². The molecule has 3 heteroatoms. The molecule has 3 nitrogen and oxygen atoms in total. The standard InChI is InChI=1S/C21H22O3/c1-14(2)19(12-18-13-20(22)24-21(3,4)23-18)17-10-9-15-7-5-6-8-16(15)11-17/h5-11,13,19H,1,12H2,2-4H3/t19-/m0/s1. The van der Waals surface area contributed by atoms with Gasteiger partial charge in [-0.1, -0.05) is 54.6 Å². The molecule has 0 radical (unpaired) electrons. The number of carbonyl (C=O) groups is 1. The van der Waals surface area contributed by atoms with Crippen molar-refractivity contribution in [3.63, 3.8) is 0 Å². The van der Waals surface area contributed by atoms with Gasteiger partial charge < -0.3 is 9.47 Å². The molecule has 0 aliphatic carbocycles. The SMILES string of the molecule is C=C(C)[C@H](CC1=CC(=O)OC(C)(C)O1)c1ccc2ccccc2c1. The monoisotopic (exact) mass is 322 g/mol. The second-order valence-electron chi connectivity index (χ2n) is 6.74. The Hall–Kier alpha value is -2.55. The van der Waals surface area contributed by atoms with Crippen LogP contribution >= 0.6 is 0 Å². The third-order valence-electron chi connectivity index (χ3n) is 4.18. The molecule has 0 N–H and O–H groups in total. The lowest BCUT2D eigenvalue weighted by Crippen LogP contribution is -2.34. The van der Waals surface area contributed by atoms with Crippen molar-refractivity contribution in [3.05, 3.63) is 72.0 Å². The van der Waals surface area contributed by atoms with Crippen LogP contribution < -0.4 is 0 Å². The quantitative estimate of drug-likeness (QED) is 0.581. The first-order valence-corrected chi connectivity index (χ1v) is 8.11. The highest BCUT2D eigenvalue weighted by Crippen LogP contribution is 2.35. The molecule has 0 bridgehead atoms. The molecule has 1 aliphatic rings. The molecular weight excluding hydrogens is 300 g/mol. The van der Waals surface area contributed by atoms with E-state index in [1.165, 1.54) is 22.4 Å². The van der Waals surface area contributed by atoms with E-state index in [0.717, 1.165) is 5.57 Å². The predicted molar refractivity (Wildman–Crippen MR) is 95.5 cm³/mol. The van der Waals surface area contributed by atoms with Crippen LogP contribution in [0.2, 0.25) is 0 Å². The van der Waals surface area contributed by atoms with Crippen LogP contribution in [0.3, 0.4) is 0 Å². The molecule has 0 spiro atoms. The lowest BCUT2D eigenvalue weighted by molar-refractivity contribution is -0.206. The van der Waals surface area contributed by atoms with Crippen molar-refractivity contribution in [2.45, 2.75) is 38.9 Å². The Morgan fingerprint density at radius 1 is 1.12 bits per heavy atom. The summed E-state index contributed by atoms with van der Waals surface area (Å²) < 4.78 is 11.0. The van der Waals surface area contributed by atoms with Crippen LogP contribution in [0.4, 0.5) is 0 Å². The molecule has 24 heavy (non-hydrogen) atoms. The van der Waals surface area contributed by atoms with E-state index in [1.54, 1.807) is 13.8 Å². The molecule has 0 saturated heterocycles. The van der Waals surface area contributed by atoms with Crippen molar-refractivity contribution in [1.82, 2.24) is 0 Å². The Morgan fingerprint density at radius 3 is 2.50 bits per heavy atom. The number of esters is 1. The Kier molecular flexibility index (Phi) is 4.18. The molecule has 1 aliphatic heterocycles. The van der Waals surface area contributed by atoms with E-state index < -0.39 is 5.79 Å². The van der Waals surface area contributed by atoms with Crippen LogP contribution in [-0.2, 0) is 14.3 Å². The fourth-order valence-electron chi connectivity index (χ4n) is 3.07. The zero-order chi connectivity index (χ0) is 17.3. The van der Waals surface area contributed by atoms with Gasteiger partial charge in [0.1, 0.15) is 5.76 Å². The van der Waals surface area contributed by atoms with Crippen molar-refractivity contribution in [2.24, 2.45) is 0 Å². The number of carbonyl (C=O) groups excluding carboxylic acids is 1. The van der Waals surface area contributed by atoms with Crippen LogP contribution in [0.5, 0.6) is 0 Å². The summed E-state index contributed by atoms with van der Waals surface area (Å²) in [4.78, 5) is 11.8. The number of allylic oxidation sites excluding steroid dienone is 2. The molecule has 1 atom stereocenters. The van der Waals surface area contributed by atoms with Gasteiger partial charge in [0.2, 0.25) is 5.79 Å². The maximum absolute atomic E-state index is 11.8. The molecule has 0 amide bonds. The second kappa shape index (κ2) is 6.16. The maximum atomic E-state index is 11.8. The second-order valence-corrected chi connectivity index (χ2v) is 6.74. The molecule has 0 fully saturated rings. The first kappa shape index (κ1) is 16.3. The molecular formula is C21H22O3. The smallest absolute Gasteiger partial charge is 0.337 e. The Labute approximate surface area is 142 Å². The molecule has 2 aromatic carbocycles. The van der Waals surface area contributed by atoms with Gasteiger partial charge in [0.25, 0.3) is 0 Å². The highest BCUT2D eigenvalue weighted by atomic mass is 16.7. The van der Waals surface area contributed by atoms with E-state index in [2.05, 4.69) is 36.9 Å². The summed E-state index contributed by atoms with van der Waals surface area (Å²) in [6, 6.07) is 14.7. The number of fused-ring (bicyclic) bond motifs is 1. The average molecular weight is 322 g/mol. The van der Waals surface area contributed by atoms with Crippen molar-refractivity contribution in [2.75, 3.05) is 0 Å². The van der Waals surface area contributed by atoms with Crippen LogP contribution in [0.15, 0.2) is 66.5 Å². The number of hydrogen-bond donors (Lipinski definition) is 0. The van der Waals surface area contributed by atoms with Gasteiger partial charge in [-0.3, -0.25) is 0 Å². The number of benzene rings is 2. The zero-order valence-electron chi connectivity index (χ0n) is 14.3. The third-order valence-corrected chi connectivity index (χ3v) is 4.18. The number of hydrogen-bond acceptors (Lipinski definition) is 3. The van der Waals surface area contributed by atoms with Crippen LogP contribution in [0.1, 0.15) is 38.7 Å². The largest absolute Gasteiger partial charge is 0.457 e. The van der Waals surface area contributed by atoms with Crippen LogP contribution in [0, 0.1) is 0 Å². The summed E-state index contributed by atoms with van der Waals surface area (Å²) in [6.07, 6.45) is 2.02. The van der Waals surface area contributed by atoms with Crippen molar-refractivity contribution >= 4 is 16.7 Å². The van der Waals surface area contributed by atoms with E-state index >= 15 is 0 Å². The summed E-state index contributed by atoms with van der Waals surface area (Å²) >= 11 is 0. The highest BCUT2D eigenvalue weighted by molar-refractivity contribution is 5.84. The minimum absolute atomic E-state index is 0.0857. The summed E-state index contributed by atoms with van der Waals surface area (Å²) in [7, 11) is 0. The first-order valence-electron chi connectivity index (χ1n) is 8.11. The molecule has 0 aromatic heterocycles. The van der Waals surface area contributed by atoms with Gasteiger partial charge in [-0.15, -0.1) is 0 Å². The minimum atomic E-state index is -0.926. The first-order chi connectivity index (χ1) is 11.3. The lowest BCUT2D eigenvalue weighted by Gasteiger charge is -2.32. The zero-order valence-corrected chi connectivity index (χ0v) is 14.3. The summed E-state index contributed by atoms with van der Waals surface area (Å²) in [5.74, 6) is -0.565. The lowest BCUT2D eigenvalue weighted by atomic mass is 9.87. The summed E-state index contributed by atoms with van der Waals surface area (Å²) in [5.41, 5.74) is 2.20. The van der Waals surface area contributed by atoms with E-state index in [0.29, 0.717) is 12.2 Å². The molecule has 0 saturated carbocycles. The fraction of sp³-hybridized carbons (Fsp3) is 0.286. The van der Waals surface area contributed by atoms with Gasteiger partial charge in [-0.25, -0.2) is 4.79 Å². The van der Waals surface area contributed by atoms with E-state index in [-0.39, 0.29) is 11.9 Å². The number of cyclic esters (lactones) is 1. The van der Waals surface area contributed by atoms with Gasteiger partial charge >= 0.3 is 5.97 Å². The summed E-state index contributed by atoms with van der Waals surface area (Å²) in [5, 5.41) is 2.40. The predicted octanol–water partition coefficient (Wildman–Crippen LogP) is 5.08. The topological polar surface area (TPSA) is 35.5 Å². The van der Waals surface area contributed by atoms with E-state index in [9.17, 15) is 4.79 Å². The maximum Gasteiger partial charge on any atom is 0.337 e. The van der Waals surface area contributed by atoms with Gasteiger partial charge in [-0.2, -0.15) is 0 Å². The van der Waals surface area contributed by atoms with Gasteiger partial charge in [-0.05, 0) is 23.3 Å². The van der Waals surface area contributed by atoms with Crippen LogP contribution in [0.25, 0.3) is 10.8 Å². The normalized spacial score (nSPS) is 17.6. The van der Waals surface area contributed by atoms with Gasteiger partial charge in [0.05, 0.1) is 6.08 Å². The third kappa shape index (κ3) is 3.51. The van der Waals surface area contributed by atoms with Gasteiger partial charge in [0, 0.05) is 26.2 Å². The molecule has 124 valence electrons. The van der Waals surface area contributed by atoms with Crippen molar-refractivity contribution in [3.8, 4) is 0 Å². The molecule has 3 rings (SSSR count). The van der Waals surface area contributed by atoms with Crippen LogP contribution in [-0.4, -0.2) is 11.8 Å². The van der Waals surface area contributed by atoms with Crippen molar-refractivity contribution < 1.29 is 14.3 Å². The molecule has 2 aromatic rings. The average Bonchev–Trinajstić information content (AvgIpc) is 2.50. The fourth-order valence-corrected chi connectivity index (χ4v) is 3.07. The Morgan fingerprint density at radius 2 is 1.83 bits per heavy atom.